The number of nitrogens with one attached hydrogen (secondary N) is 1. The van der Waals surface area contributed by atoms with Crippen molar-refractivity contribution in [2.45, 2.75) is 34.4 Å². The lowest BCUT2D eigenvalue weighted by molar-refractivity contribution is -0.166. The lowest BCUT2D eigenvalue weighted by Gasteiger charge is -2.51. The van der Waals surface area contributed by atoms with Gasteiger partial charge in [-0.25, -0.2) is 14.6 Å². The summed E-state index contributed by atoms with van der Waals surface area (Å²) in [6.45, 7) is 1.65. The normalized spacial score (nSPS) is 26.9. The third-order valence-corrected chi connectivity index (χ3v) is 16.6. The zero-order valence-corrected chi connectivity index (χ0v) is 30.9. The van der Waals surface area contributed by atoms with Gasteiger partial charge in [0.15, 0.2) is 16.2 Å². The summed E-state index contributed by atoms with van der Waals surface area (Å²) in [5.41, 5.74) is 3.49. The van der Waals surface area contributed by atoms with Gasteiger partial charge in [-0.3, -0.25) is 19.3 Å². The van der Waals surface area contributed by atoms with Crippen molar-refractivity contribution in [1.29, 1.82) is 0 Å². The molecule has 0 unspecified atom stereocenters. The van der Waals surface area contributed by atoms with E-state index in [1.54, 1.807) is 49.3 Å². The molecule has 5 atom stereocenters. The van der Waals surface area contributed by atoms with Gasteiger partial charge >= 0.3 is 11.9 Å². The zero-order valence-electron chi connectivity index (χ0n) is 28.5. The molecule has 18 heteroatoms. The monoisotopic (exact) mass is 794 g/mol. The number of aliphatic hydroxyl groups excluding tert-OH is 1. The van der Waals surface area contributed by atoms with E-state index in [1.807, 2.05) is 24.3 Å². The number of aliphatic hydroxyl groups is 1. The molecule has 4 fully saturated rings. The van der Waals surface area contributed by atoms with Gasteiger partial charge in [-0.1, -0.05) is 36.4 Å². The second-order valence-electron chi connectivity index (χ2n) is 13.9. The van der Waals surface area contributed by atoms with Gasteiger partial charge in [-0.2, -0.15) is 0 Å². The van der Waals surface area contributed by atoms with Crippen molar-refractivity contribution in [2.24, 2.45) is 0 Å². The second-order valence-corrected chi connectivity index (χ2v) is 18.4. The quantitative estimate of drug-likeness (QED) is 0.0931. The van der Waals surface area contributed by atoms with Crippen LogP contribution in [0.4, 0.5) is 17.1 Å². The number of piperazine rings is 1. The summed E-state index contributed by atoms with van der Waals surface area (Å²) < 4.78 is 5.95. The van der Waals surface area contributed by atoms with Crippen LogP contribution in [-0.2, 0) is 15.0 Å². The molecule has 6 N–H and O–H groups in total. The summed E-state index contributed by atoms with van der Waals surface area (Å²) in [7, 11) is 5.06. The number of hydrogen-bond donors (Lipinski definition) is 5. The molecular weight excluding hydrogens is 769 g/mol. The van der Waals surface area contributed by atoms with Gasteiger partial charge < -0.3 is 40.3 Å². The maximum atomic E-state index is 15.2. The number of carboxylic acid groups (broad SMARTS) is 2. The number of carboxylic acids is 2. The third-order valence-electron chi connectivity index (χ3n) is 11.4. The minimum Gasteiger partial charge on any atom is -0.478 e. The average Bonchev–Trinajstić information content (AvgIpc) is 3.74. The Bertz CT molecular complexity index is 2810. The number of carbonyl (C=O) groups excluding carboxylic acids is 2. The molecule has 6 aliphatic heterocycles. The predicted molar refractivity (Wildman–Crippen MR) is 206 cm³/mol. The Morgan fingerprint density at radius 2 is 1.65 bits per heavy atom. The number of H-pyrrole nitrogens is 1. The van der Waals surface area contributed by atoms with Crippen molar-refractivity contribution < 1.29 is 38.9 Å². The predicted octanol–water partition coefficient (Wildman–Crippen LogP) is 4.65. The Kier molecular flexibility index (Phi) is 6.75. The van der Waals surface area contributed by atoms with E-state index in [1.165, 1.54) is 42.6 Å². The van der Waals surface area contributed by atoms with E-state index in [0.717, 1.165) is 27.8 Å². The molecule has 1 spiro atoms. The number of benzene rings is 4. The number of fused-ring (bicyclic) bond motifs is 9. The molecule has 11 rings (SSSR count). The van der Waals surface area contributed by atoms with Crippen molar-refractivity contribution in [3.63, 3.8) is 0 Å². The highest BCUT2D eigenvalue weighted by molar-refractivity contribution is 9.10. The van der Waals surface area contributed by atoms with E-state index in [9.17, 15) is 34.5 Å². The summed E-state index contributed by atoms with van der Waals surface area (Å²) in [5, 5.41) is 35.0. The Hall–Kier alpha value is -5.69. The fourth-order valence-corrected chi connectivity index (χ4v) is 14.8. The number of para-hydroxylation sites is 2. The maximum absolute atomic E-state index is 15.2. The summed E-state index contributed by atoms with van der Waals surface area (Å²) in [6, 6.07) is 18.5. The number of aromatic nitrogens is 2. The lowest BCUT2D eigenvalue weighted by atomic mass is 9.70. The summed E-state index contributed by atoms with van der Waals surface area (Å²) in [4.78, 5) is 77.6. The molecule has 1 aromatic heterocycles. The van der Waals surface area contributed by atoms with Gasteiger partial charge in [0.05, 0.1) is 16.8 Å². The molecule has 0 saturated carbocycles. The number of aromatic amines is 1. The van der Waals surface area contributed by atoms with E-state index in [-0.39, 0.29) is 28.2 Å². The summed E-state index contributed by atoms with van der Waals surface area (Å²) in [6.07, 6.45) is -1.06. The highest BCUT2D eigenvalue weighted by Gasteiger charge is 2.82. The molecule has 2 amide bonds. The molecule has 15 nitrogen and oxygen atoms in total. The van der Waals surface area contributed by atoms with Crippen LogP contribution in [0.15, 0.2) is 82.1 Å². The number of anilines is 3. The van der Waals surface area contributed by atoms with Crippen LogP contribution in [0.2, 0.25) is 0 Å². The number of hydrogen-bond acceptors (Lipinski definition) is 13. The molecule has 276 valence electrons. The number of likely N-dealkylation sites (N-methyl/N-ethyl adjacent to an activating group) is 1. The first-order valence-corrected chi connectivity index (χ1v) is 20.2. The fraction of sp³-hybridized carbons (Fsp3) is 0.189. The molecule has 4 aromatic rings. The maximum Gasteiger partial charge on any atom is 0.340 e. The van der Waals surface area contributed by atoms with Crippen LogP contribution in [0.25, 0.3) is 33.5 Å². The first-order chi connectivity index (χ1) is 26.3. The number of nitrogens with zero attached hydrogens (tertiary/aromatic N) is 4. The Balaban J connectivity index is 1.34. The van der Waals surface area contributed by atoms with Crippen LogP contribution in [0.5, 0.6) is 0 Å². The van der Waals surface area contributed by atoms with Crippen molar-refractivity contribution in [3.05, 3.63) is 105 Å². The standard InChI is InChI=1S/C37H26N6O9S3/c1-35-33(50)43-32-36(17-14-39-18-9-5-3-7-15(17)18,31(49)37(43,54-55-53-35)34(51)41(35)2)16-8-4-6-10-19(16)42(32)20-11-12-22-27(24(20)29(45)46)40-28-23(52-22)13-21(44)26(38)25(28)30(47)48/h3-14,31-32,39,49H,38H2,1-2H3,(H,45,46)(H,47,48)/t31-,32+,35-,36+,37-/m0/s1. The molecule has 1 aliphatic carbocycles. The lowest BCUT2D eigenvalue weighted by Crippen LogP contribution is -2.73. The van der Waals surface area contributed by atoms with Crippen LogP contribution in [0, 0.1) is 0 Å². The molecular formula is C37H26N6O9S3. The van der Waals surface area contributed by atoms with Gasteiger partial charge in [0.25, 0.3) is 11.8 Å². The second kappa shape index (κ2) is 11.0. The topological polar surface area (TPSA) is 224 Å². The van der Waals surface area contributed by atoms with E-state index >= 15 is 4.79 Å². The molecule has 7 heterocycles. The molecule has 3 aromatic carbocycles. The fourth-order valence-electron chi connectivity index (χ4n) is 8.92. The molecule has 55 heavy (non-hydrogen) atoms. The first kappa shape index (κ1) is 33.8. The van der Waals surface area contributed by atoms with Crippen molar-refractivity contribution in [1.82, 2.24) is 19.8 Å². The van der Waals surface area contributed by atoms with Gasteiger partial charge in [0, 0.05) is 35.9 Å². The highest BCUT2D eigenvalue weighted by atomic mass is 33.5. The van der Waals surface area contributed by atoms with E-state index in [2.05, 4.69) is 9.97 Å². The van der Waals surface area contributed by atoms with E-state index in [0.29, 0.717) is 16.8 Å². The van der Waals surface area contributed by atoms with Crippen LogP contribution in [0.1, 0.15) is 38.8 Å². The molecule has 0 radical (unpaired) electrons. The number of nitrogen functional groups attached to an aromatic ring is 1. The van der Waals surface area contributed by atoms with Gasteiger partial charge in [-0.05, 0) is 73.7 Å². The van der Waals surface area contributed by atoms with Crippen LogP contribution < -0.4 is 16.1 Å². The van der Waals surface area contributed by atoms with Crippen LogP contribution >= 0.6 is 31.4 Å². The molecule has 7 aliphatic rings. The Labute approximate surface area is 320 Å². The number of amides is 2. The Morgan fingerprint density at radius 1 is 0.927 bits per heavy atom. The zero-order chi connectivity index (χ0) is 38.5. The van der Waals surface area contributed by atoms with E-state index < -0.39 is 73.4 Å². The average molecular weight is 795 g/mol. The molecule has 2 bridgehead atoms. The Morgan fingerprint density at radius 3 is 2.42 bits per heavy atom. The van der Waals surface area contributed by atoms with Gasteiger partial charge in [0.2, 0.25) is 10.3 Å². The smallest absolute Gasteiger partial charge is 0.340 e. The number of aromatic carboxylic acids is 2. The number of nitrogens with two attached hydrogens (primary N) is 1. The summed E-state index contributed by atoms with van der Waals surface area (Å²) in [5.74, 6) is -4.21. The SMILES string of the molecule is CN1C(=O)[C@]23SSS[C@@]1(C)C(=O)N2[C@H]1N(c2ccc4oc5cc(=O)c(N)c(C(=O)O)c-5nc4c2C(=O)O)c2ccccc2[C@@]1(c1c[nH]c2ccccc12)[C@@H]3O. The van der Waals surface area contributed by atoms with Crippen molar-refractivity contribution in [3.8, 4) is 11.5 Å². The third kappa shape index (κ3) is 3.84. The minimum atomic E-state index is -1.87. The number of rotatable bonds is 4. The van der Waals surface area contributed by atoms with E-state index in [4.69, 9.17) is 10.2 Å². The van der Waals surface area contributed by atoms with Crippen LogP contribution in [0.3, 0.4) is 0 Å². The largest absolute Gasteiger partial charge is 0.478 e. The van der Waals surface area contributed by atoms with Gasteiger partial charge in [-0.15, -0.1) is 0 Å². The number of carbonyl (C=O) groups is 4. The van der Waals surface area contributed by atoms with Crippen molar-refractivity contribution >= 4 is 94.2 Å². The summed E-state index contributed by atoms with van der Waals surface area (Å²) >= 11 is 0. The minimum absolute atomic E-state index is 0.0138. The highest BCUT2D eigenvalue weighted by Crippen LogP contribution is 2.72. The molecule has 4 saturated heterocycles. The van der Waals surface area contributed by atoms with Crippen molar-refractivity contribution in [2.75, 3.05) is 17.7 Å². The first-order valence-electron chi connectivity index (χ1n) is 16.8. The van der Waals surface area contributed by atoms with Crippen LogP contribution in [-0.4, -0.2) is 87.9 Å². The van der Waals surface area contributed by atoms with Gasteiger partial charge in [0.1, 0.15) is 34.6 Å².